The normalized spacial score (nSPS) is 11.6. The second-order valence-electron chi connectivity index (χ2n) is 4.75. The maximum absolute atomic E-state index is 9.10. The Kier molecular flexibility index (Phi) is 5.83. The lowest BCUT2D eigenvalue weighted by molar-refractivity contribution is 0.683. The summed E-state index contributed by atoms with van der Waals surface area (Å²) < 4.78 is 1.84. The SMILES string of the molecule is Cc1ccc(-n2cnnc2SC[C@H](C#N)CCC#N)cc1Cl. The Hall–Kier alpha value is -2.02. The van der Waals surface area contributed by atoms with E-state index in [1.807, 2.05) is 29.7 Å². The summed E-state index contributed by atoms with van der Waals surface area (Å²) in [6, 6.07) is 10.0. The van der Waals surface area contributed by atoms with Gasteiger partial charge in [-0.3, -0.25) is 4.57 Å². The number of nitrogens with zero attached hydrogens (tertiary/aromatic N) is 5. The van der Waals surface area contributed by atoms with E-state index < -0.39 is 0 Å². The Balaban J connectivity index is 2.11. The molecule has 0 fully saturated rings. The number of hydrogen-bond acceptors (Lipinski definition) is 5. The summed E-state index contributed by atoms with van der Waals surface area (Å²) in [6.45, 7) is 1.95. The van der Waals surface area contributed by atoms with Crippen LogP contribution in [0.3, 0.4) is 0 Å². The number of halogens is 1. The van der Waals surface area contributed by atoms with E-state index in [9.17, 15) is 0 Å². The van der Waals surface area contributed by atoms with E-state index >= 15 is 0 Å². The van der Waals surface area contributed by atoms with Gasteiger partial charge in [-0.15, -0.1) is 10.2 Å². The number of rotatable bonds is 6. The lowest BCUT2D eigenvalue weighted by Gasteiger charge is -2.09. The fourth-order valence-electron chi connectivity index (χ4n) is 1.83. The van der Waals surface area contributed by atoms with Gasteiger partial charge in [-0.1, -0.05) is 29.4 Å². The van der Waals surface area contributed by atoms with Gasteiger partial charge in [0.15, 0.2) is 5.16 Å². The number of nitriles is 2. The van der Waals surface area contributed by atoms with Crippen LogP contribution in [-0.4, -0.2) is 20.5 Å². The zero-order valence-corrected chi connectivity index (χ0v) is 13.6. The standard InChI is InChI=1S/C15H14ClN5S/c1-11-4-5-13(7-14(11)16)21-10-19-20-15(21)22-9-12(8-18)3-2-6-17/h4-5,7,10,12H,2-3,9H2,1H3/t12-/m0/s1. The monoisotopic (exact) mass is 331 g/mol. The predicted molar refractivity (Wildman–Crippen MR) is 85.8 cm³/mol. The van der Waals surface area contributed by atoms with Gasteiger partial charge in [0.25, 0.3) is 0 Å². The summed E-state index contributed by atoms with van der Waals surface area (Å²) in [7, 11) is 0. The Morgan fingerprint density at radius 2 is 2.23 bits per heavy atom. The topological polar surface area (TPSA) is 78.3 Å². The molecule has 0 aliphatic carbocycles. The van der Waals surface area contributed by atoms with Gasteiger partial charge >= 0.3 is 0 Å². The molecule has 2 rings (SSSR count). The van der Waals surface area contributed by atoms with E-state index in [0.717, 1.165) is 11.3 Å². The Morgan fingerprint density at radius 3 is 2.91 bits per heavy atom. The number of thioether (sulfide) groups is 1. The van der Waals surface area contributed by atoms with Crippen LogP contribution in [0.5, 0.6) is 0 Å². The van der Waals surface area contributed by atoms with Gasteiger partial charge in [-0.05, 0) is 31.0 Å². The van der Waals surface area contributed by atoms with E-state index in [1.165, 1.54) is 11.8 Å². The molecule has 1 atom stereocenters. The van der Waals surface area contributed by atoms with Gasteiger partial charge in [0.1, 0.15) is 6.33 Å². The molecule has 0 aliphatic rings. The van der Waals surface area contributed by atoms with Crippen molar-refractivity contribution in [2.24, 2.45) is 5.92 Å². The van der Waals surface area contributed by atoms with Gasteiger partial charge in [0.05, 0.1) is 23.7 Å². The van der Waals surface area contributed by atoms with Gasteiger partial charge in [-0.25, -0.2) is 0 Å². The van der Waals surface area contributed by atoms with Crippen LogP contribution >= 0.6 is 23.4 Å². The molecular weight excluding hydrogens is 318 g/mol. The van der Waals surface area contributed by atoms with Crippen molar-refractivity contribution in [1.29, 1.82) is 10.5 Å². The minimum absolute atomic E-state index is 0.170. The third-order valence-electron chi connectivity index (χ3n) is 3.15. The lowest BCUT2D eigenvalue weighted by atomic mass is 10.1. The van der Waals surface area contributed by atoms with Crippen LogP contribution < -0.4 is 0 Å². The molecule has 0 saturated carbocycles. The van der Waals surface area contributed by atoms with E-state index in [2.05, 4.69) is 22.3 Å². The van der Waals surface area contributed by atoms with Gasteiger partial charge in [0.2, 0.25) is 0 Å². The largest absolute Gasteiger partial charge is 0.277 e. The van der Waals surface area contributed by atoms with E-state index in [4.69, 9.17) is 22.1 Å². The van der Waals surface area contributed by atoms with Crippen molar-refractivity contribution in [3.05, 3.63) is 35.1 Å². The minimum atomic E-state index is -0.170. The van der Waals surface area contributed by atoms with Crippen LogP contribution in [0.15, 0.2) is 29.7 Å². The molecule has 1 aromatic carbocycles. The average Bonchev–Trinajstić information content (AvgIpc) is 2.99. The molecule has 0 N–H and O–H groups in total. The molecule has 2 aromatic rings. The highest BCUT2D eigenvalue weighted by molar-refractivity contribution is 7.99. The molecule has 0 radical (unpaired) electrons. The first-order valence-corrected chi connectivity index (χ1v) is 8.08. The maximum atomic E-state index is 9.10. The Labute approximate surface area is 138 Å². The molecule has 0 unspecified atom stereocenters. The molecule has 5 nitrogen and oxygen atoms in total. The second kappa shape index (κ2) is 7.84. The highest BCUT2D eigenvalue weighted by Crippen LogP contribution is 2.25. The highest BCUT2D eigenvalue weighted by atomic mass is 35.5. The molecule has 1 aromatic heterocycles. The molecule has 22 heavy (non-hydrogen) atoms. The van der Waals surface area contributed by atoms with Crippen molar-refractivity contribution < 1.29 is 0 Å². The molecule has 1 heterocycles. The Bertz CT molecular complexity index is 728. The van der Waals surface area contributed by atoms with Crippen molar-refractivity contribution >= 4 is 23.4 Å². The summed E-state index contributed by atoms with van der Waals surface area (Å²) in [5.74, 6) is 0.410. The van der Waals surface area contributed by atoms with Crippen LogP contribution in [-0.2, 0) is 0 Å². The first-order chi connectivity index (χ1) is 10.7. The van der Waals surface area contributed by atoms with Crippen LogP contribution in [0.4, 0.5) is 0 Å². The van der Waals surface area contributed by atoms with Crippen LogP contribution in [0.25, 0.3) is 5.69 Å². The van der Waals surface area contributed by atoms with E-state index in [-0.39, 0.29) is 5.92 Å². The summed E-state index contributed by atoms with van der Waals surface area (Å²) in [6.07, 6.45) is 2.59. The quantitative estimate of drug-likeness (QED) is 0.753. The smallest absolute Gasteiger partial charge is 0.195 e. The van der Waals surface area contributed by atoms with E-state index in [0.29, 0.717) is 28.8 Å². The van der Waals surface area contributed by atoms with Crippen molar-refractivity contribution in [2.45, 2.75) is 24.9 Å². The van der Waals surface area contributed by atoms with Crippen molar-refractivity contribution in [1.82, 2.24) is 14.8 Å². The highest BCUT2D eigenvalue weighted by Gasteiger charge is 2.13. The molecule has 0 saturated heterocycles. The number of aromatic nitrogens is 3. The third kappa shape index (κ3) is 4.00. The minimum Gasteiger partial charge on any atom is -0.277 e. The number of benzene rings is 1. The predicted octanol–water partition coefficient (Wildman–Crippen LogP) is 3.76. The van der Waals surface area contributed by atoms with Crippen molar-refractivity contribution in [2.75, 3.05) is 5.75 Å². The third-order valence-corrected chi connectivity index (χ3v) is 4.66. The fraction of sp³-hybridized carbons (Fsp3) is 0.333. The zero-order valence-electron chi connectivity index (χ0n) is 12.0. The molecule has 0 bridgehead atoms. The lowest BCUT2D eigenvalue weighted by Crippen LogP contribution is -2.02. The van der Waals surface area contributed by atoms with Gasteiger partial charge in [0, 0.05) is 17.2 Å². The summed E-state index contributed by atoms with van der Waals surface area (Å²) in [5, 5.41) is 27.1. The molecule has 0 amide bonds. The Morgan fingerprint density at radius 1 is 1.41 bits per heavy atom. The fourth-order valence-corrected chi connectivity index (χ4v) is 2.99. The van der Waals surface area contributed by atoms with Crippen LogP contribution in [0, 0.1) is 35.5 Å². The van der Waals surface area contributed by atoms with Crippen LogP contribution in [0.2, 0.25) is 5.02 Å². The summed E-state index contributed by atoms with van der Waals surface area (Å²) in [4.78, 5) is 0. The maximum Gasteiger partial charge on any atom is 0.195 e. The number of hydrogen-bond donors (Lipinski definition) is 0. The average molecular weight is 332 g/mol. The molecule has 0 aliphatic heterocycles. The first kappa shape index (κ1) is 16.4. The van der Waals surface area contributed by atoms with Crippen molar-refractivity contribution in [3.63, 3.8) is 0 Å². The van der Waals surface area contributed by atoms with Gasteiger partial charge in [-0.2, -0.15) is 10.5 Å². The molecule has 0 spiro atoms. The number of aryl methyl sites for hydroxylation is 1. The summed E-state index contributed by atoms with van der Waals surface area (Å²) >= 11 is 7.61. The second-order valence-corrected chi connectivity index (χ2v) is 6.15. The zero-order chi connectivity index (χ0) is 15.9. The van der Waals surface area contributed by atoms with Crippen molar-refractivity contribution in [3.8, 4) is 17.8 Å². The van der Waals surface area contributed by atoms with Gasteiger partial charge < -0.3 is 0 Å². The molecule has 7 heteroatoms. The van der Waals surface area contributed by atoms with E-state index in [1.54, 1.807) is 6.33 Å². The summed E-state index contributed by atoms with van der Waals surface area (Å²) in [5.41, 5.74) is 1.89. The van der Waals surface area contributed by atoms with Crippen LogP contribution in [0.1, 0.15) is 18.4 Å². The molecular formula is C15H14ClN5S. The first-order valence-electron chi connectivity index (χ1n) is 6.71. The molecule has 112 valence electrons.